The second-order valence-corrected chi connectivity index (χ2v) is 6.23. The lowest BCUT2D eigenvalue weighted by atomic mass is 9.81. The van der Waals surface area contributed by atoms with Gasteiger partial charge < -0.3 is 15.3 Å². The summed E-state index contributed by atoms with van der Waals surface area (Å²) in [7, 11) is 0. The minimum Gasteiger partial charge on any atom is -0.481 e. The molecule has 2 N–H and O–H groups in total. The highest BCUT2D eigenvalue weighted by Gasteiger charge is 2.55. The van der Waals surface area contributed by atoms with Crippen LogP contribution in [0.5, 0.6) is 0 Å². The Kier molecular flexibility index (Phi) is 4.00. The lowest BCUT2D eigenvalue weighted by Crippen LogP contribution is -2.42. The number of urea groups is 1. The average molecular weight is 303 g/mol. The van der Waals surface area contributed by atoms with E-state index >= 15 is 0 Å². The molecule has 0 bridgehead atoms. The third-order valence-electron chi connectivity index (χ3n) is 4.97. The first-order chi connectivity index (χ1) is 10.6. The highest BCUT2D eigenvalue weighted by atomic mass is 16.4. The van der Waals surface area contributed by atoms with Gasteiger partial charge in [0.25, 0.3) is 0 Å². The van der Waals surface area contributed by atoms with Crippen LogP contribution in [-0.4, -0.2) is 46.6 Å². The van der Waals surface area contributed by atoms with E-state index in [2.05, 4.69) is 10.3 Å². The van der Waals surface area contributed by atoms with Crippen molar-refractivity contribution in [1.82, 2.24) is 15.2 Å². The van der Waals surface area contributed by atoms with Gasteiger partial charge in [-0.15, -0.1) is 0 Å². The van der Waals surface area contributed by atoms with Gasteiger partial charge in [0, 0.05) is 37.9 Å². The molecule has 1 aromatic rings. The number of likely N-dealkylation sites (tertiary alicyclic amines) is 1. The third-order valence-corrected chi connectivity index (χ3v) is 4.97. The average Bonchev–Trinajstić information content (AvgIpc) is 3.06. The molecule has 2 atom stereocenters. The quantitative estimate of drug-likeness (QED) is 0.883. The Hall–Kier alpha value is -2.11. The molecule has 6 heteroatoms. The van der Waals surface area contributed by atoms with E-state index in [9.17, 15) is 14.7 Å². The predicted molar refractivity (Wildman–Crippen MR) is 80.3 cm³/mol. The highest BCUT2D eigenvalue weighted by Crippen LogP contribution is 2.48. The molecule has 2 amide bonds. The van der Waals surface area contributed by atoms with Crippen molar-refractivity contribution >= 4 is 12.0 Å². The maximum atomic E-state index is 12.2. The van der Waals surface area contributed by atoms with E-state index in [0.29, 0.717) is 32.5 Å². The van der Waals surface area contributed by atoms with Crippen molar-refractivity contribution in [1.29, 1.82) is 0 Å². The Morgan fingerprint density at radius 3 is 3.00 bits per heavy atom. The van der Waals surface area contributed by atoms with Gasteiger partial charge in [-0.25, -0.2) is 4.79 Å². The van der Waals surface area contributed by atoms with E-state index in [0.717, 1.165) is 18.5 Å². The van der Waals surface area contributed by atoms with Crippen LogP contribution in [-0.2, 0) is 11.2 Å². The number of aromatic nitrogens is 1. The van der Waals surface area contributed by atoms with E-state index in [1.165, 1.54) is 0 Å². The van der Waals surface area contributed by atoms with Gasteiger partial charge in [0.15, 0.2) is 0 Å². The van der Waals surface area contributed by atoms with E-state index in [4.69, 9.17) is 0 Å². The van der Waals surface area contributed by atoms with Gasteiger partial charge in [0.2, 0.25) is 0 Å². The van der Waals surface area contributed by atoms with Gasteiger partial charge >= 0.3 is 12.0 Å². The van der Waals surface area contributed by atoms with Crippen LogP contribution in [0, 0.1) is 11.3 Å². The zero-order valence-electron chi connectivity index (χ0n) is 12.5. The predicted octanol–water partition coefficient (Wildman–Crippen LogP) is 1.52. The Bertz CT molecular complexity index is 563. The molecule has 1 saturated carbocycles. The smallest absolute Gasteiger partial charge is 0.317 e. The minimum absolute atomic E-state index is 0.103. The first-order valence-corrected chi connectivity index (χ1v) is 7.78. The third kappa shape index (κ3) is 2.65. The summed E-state index contributed by atoms with van der Waals surface area (Å²) in [4.78, 5) is 29.7. The van der Waals surface area contributed by atoms with Crippen LogP contribution in [0.1, 0.15) is 25.0 Å². The maximum absolute atomic E-state index is 12.2. The molecule has 1 saturated heterocycles. The Morgan fingerprint density at radius 2 is 2.32 bits per heavy atom. The van der Waals surface area contributed by atoms with Crippen molar-refractivity contribution < 1.29 is 14.7 Å². The molecule has 22 heavy (non-hydrogen) atoms. The lowest BCUT2D eigenvalue weighted by Gasteiger charge is -2.23. The summed E-state index contributed by atoms with van der Waals surface area (Å²) >= 11 is 0. The molecule has 2 aliphatic rings. The summed E-state index contributed by atoms with van der Waals surface area (Å²) in [6, 6.07) is 5.54. The molecule has 0 aromatic carbocycles. The Balaban J connectivity index is 1.53. The number of pyridine rings is 1. The summed E-state index contributed by atoms with van der Waals surface area (Å²) in [6.45, 7) is 1.40. The van der Waals surface area contributed by atoms with Gasteiger partial charge in [-0.05, 0) is 30.9 Å². The monoisotopic (exact) mass is 303 g/mol. The molecular weight excluding hydrogens is 282 g/mol. The zero-order valence-corrected chi connectivity index (χ0v) is 12.5. The van der Waals surface area contributed by atoms with Crippen LogP contribution >= 0.6 is 0 Å². The van der Waals surface area contributed by atoms with Crippen LogP contribution in [0.25, 0.3) is 0 Å². The summed E-state index contributed by atoms with van der Waals surface area (Å²) in [5, 5.41) is 12.4. The molecule has 1 aliphatic carbocycles. The number of aliphatic carboxylic acids is 1. The van der Waals surface area contributed by atoms with Crippen LogP contribution in [0.3, 0.4) is 0 Å². The van der Waals surface area contributed by atoms with Gasteiger partial charge in [0.05, 0.1) is 5.41 Å². The second kappa shape index (κ2) is 5.94. The number of hydrogen-bond donors (Lipinski definition) is 2. The SMILES string of the molecule is O=C(NCCc1ccccn1)N1C[C@@H]2CCC[C@@]2(C(=O)O)C1. The summed E-state index contributed by atoms with van der Waals surface area (Å²) < 4.78 is 0. The fourth-order valence-electron chi connectivity index (χ4n) is 3.75. The summed E-state index contributed by atoms with van der Waals surface area (Å²) in [5.41, 5.74) is 0.223. The second-order valence-electron chi connectivity index (χ2n) is 6.23. The number of nitrogens with one attached hydrogen (secondary N) is 1. The number of nitrogens with zero attached hydrogens (tertiary/aromatic N) is 2. The van der Waals surface area contributed by atoms with Crippen molar-refractivity contribution in [2.75, 3.05) is 19.6 Å². The van der Waals surface area contributed by atoms with E-state index in [-0.39, 0.29) is 11.9 Å². The standard InChI is InChI=1S/C16H21N3O3/c20-14(21)16-7-3-4-12(16)10-19(11-16)15(22)18-9-6-13-5-1-2-8-17-13/h1-2,5,8,12H,3-4,6-7,9-11H2,(H,18,22)(H,20,21)/t12-,16+/m0/s1. The molecule has 2 heterocycles. The van der Waals surface area contributed by atoms with Gasteiger partial charge in [-0.1, -0.05) is 12.5 Å². The van der Waals surface area contributed by atoms with Crippen molar-refractivity contribution in [3.05, 3.63) is 30.1 Å². The Labute approximate surface area is 129 Å². The summed E-state index contributed by atoms with van der Waals surface area (Å²) in [5.74, 6) is -0.648. The highest BCUT2D eigenvalue weighted by molar-refractivity contribution is 5.80. The first-order valence-electron chi connectivity index (χ1n) is 7.78. The molecule has 1 aliphatic heterocycles. The molecule has 0 unspecified atom stereocenters. The Morgan fingerprint density at radius 1 is 1.45 bits per heavy atom. The van der Waals surface area contributed by atoms with E-state index in [1.807, 2.05) is 18.2 Å². The van der Waals surface area contributed by atoms with Gasteiger partial charge in [-0.3, -0.25) is 9.78 Å². The lowest BCUT2D eigenvalue weighted by molar-refractivity contribution is -0.149. The van der Waals surface area contributed by atoms with Crippen molar-refractivity contribution in [3.63, 3.8) is 0 Å². The number of amides is 2. The fourth-order valence-corrected chi connectivity index (χ4v) is 3.75. The van der Waals surface area contributed by atoms with Crippen LogP contribution in [0.15, 0.2) is 24.4 Å². The summed E-state index contributed by atoms with van der Waals surface area (Å²) in [6.07, 6.45) is 4.95. The topological polar surface area (TPSA) is 82.5 Å². The molecule has 0 spiro atoms. The van der Waals surface area contributed by atoms with E-state index in [1.54, 1.807) is 11.1 Å². The minimum atomic E-state index is -0.751. The number of carboxylic acids is 1. The van der Waals surface area contributed by atoms with E-state index < -0.39 is 11.4 Å². The molecule has 6 nitrogen and oxygen atoms in total. The molecule has 1 aromatic heterocycles. The molecule has 2 fully saturated rings. The van der Waals surface area contributed by atoms with Gasteiger partial charge in [0.1, 0.15) is 0 Å². The first kappa shape index (κ1) is 14.8. The number of carbonyl (C=O) groups is 2. The fraction of sp³-hybridized carbons (Fsp3) is 0.562. The molecule has 3 rings (SSSR count). The van der Waals surface area contributed by atoms with Crippen molar-refractivity contribution in [3.8, 4) is 0 Å². The molecular formula is C16H21N3O3. The number of hydrogen-bond acceptors (Lipinski definition) is 3. The number of carboxylic acid groups (broad SMARTS) is 1. The normalized spacial score (nSPS) is 26.7. The van der Waals surface area contributed by atoms with Crippen molar-refractivity contribution in [2.24, 2.45) is 11.3 Å². The van der Waals surface area contributed by atoms with Gasteiger partial charge in [-0.2, -0.15) is 0 Å². The molecule has 118 valence electrons. The zero-order chi connectivity index (χ0) is 15.6. The number of fused-ring (bicyclic) bond motifs is 1. The van der Waals surface area contributed by atoms with Crippen LogP contribution < -0.4 is 5.32 Å². The van der Waals surface area contributed by atoms with Crippen LogP contribution in [0.2, 0.25) is 0 Å². The van der Waals surface area contributed by atoms with Crippen LogP contribution in [0.4, 0.5) is 4.79 Å². The number of carbonyl (C=O) groups excluding carboxylic acids is 1. The maximum Gasteiger partial charge on any atom is 0.317 e. The molecule has 0 radical (unpaired) electrons. The largest absolute Gasteiger partial charge is 0.481 e. The number of rotatable bonds is 4. The van der Waals surface area contributed by atoms with Crippen molar-refractivity contribution in [2.45, 2.75) is 25.7 Å².